The standard InChI is InChI=1S/C17H24N2OS/c1-11-9-12(2)14(13(3)10-11)15(20)19-17(16(18)21)7-5-4-6-8-17/h9-10H,4-8H2,1-3H3,(H2,18,21)(H,19,20). The highest BCUT2D eigenvalue weighted by molar-refractivity contribution is 7.80. The second-order valence-electron chi connectivity index (χ2n) is 6.23. The highest BCUT2D eigenvalue weighted by atomic mass is 32.1. The molecule has 3 nitrogen and oxygen atoms in total. The van der Waals surface area contributed by atoms with E-state index in [1.54, 1.807) is 0 Å². The van der Waals surface area contributed by atoms with Crippen molar-refractivity contribution in [3.63, 3.8) is 0 Å². The number of rotatable bonds is 3. The minimum absolute atomic E-state index is 0.0558. The van der Waals surface area contributed by atoms with Crippen LogP contribution in [0.4, 0.5) is 0 Å². The van der Waals surface area contributed by atoms with Gasteiger partial charge < -0.3 is 11.1 Å². The molecule has 1 aromatic rings. The number of hydrogen-bond acceptors (Lipinski definition) is 2. The fourth-order valence-electron chi connectivity index (χ4n) is 3.41. The fourth-order valence-corrected chi connectivity index (χ4v) is 3.66. The maximum absolute atomic E-state index is 12.7. The van der Waals surface area contributed by atoms with Crippen molar-refractivity contribution < 1.29 is 4.79 Å². The quantitative estimate of drug-likeness (QED) is 0.842. The average molecular weight is 304 g/mol. The zero-order valence-corrected chi connectivity index (χ0v) is 13.9. The molecule has 0 spiro atoms. The molecule has 1 aromatic carbocycles. The third-order valence-corrected chi connectivity index (χ3v) is 4.83. The number of carbonyl (C=O) groups is 1. The summed E-state index contributed by atoms with van der Waals surface area (Å²) >= 11 is 5.25. The molecule has 1 aliphatic rings. The molecule has 2 rings (SSSR count). The van der Waals surface area contributed by atoms with E-state index >= 15 is 0 Å². The normalized spacial score (nSPS) is 17.3. The van der Waals surface area contributed by atoms with E-state index in [9.17, 15) is 4.79 Å². The van der Waals surface area contributed by atoms with Gasteiger partial charge in [-0.3, -0.25) is 4.79 Å². The first-order valence-electron chi connectivity index (χ1n) is 7.56. The number of amides is 1. The summed E-state index contributed by atoms with van der Waals surface area (Å²) in [5.74, 6) is -0.0558. The third kappa shape index (κ3) is 3.26. The number of aryl methyl sites for hydroxylation is 3. The molecule has 21 heavy (non-hydrogen) atoms. The largest absolute Gasteiger partial charge is 0.391 e. The van der Waals surface area contributed by atoms with Crippen LogP contribution < -0.4 is 11.1 Å². The van der Waals surface area contributed by atoms with E-state index in [0.29, 0.717) is 4.99 Å². The summed E-state index contributed by atoms with van der Waals surface area (Å²) in [5, 5.41) is 3.14. The molecular weight excluding hydrogens is 280 g/mol. The number of hydrogen-bond donors (Lipinski definition) is 2. The van der Waals surface area contributed by atoms with E-state index in [0.717, 1.165) is 42.4 Å². The van der Waals surface area contributed by atoms with Crippen molar-refractivity contribution in [1.29, 1.82) is 0 Å². The van der Waals surface area contributed by atoms with Gasteiger partial charge in [0.25, 0.3) is 5.91 Å². The van der Waals surface area contributed by atoms with Crippen LogP contribution in [0.15, 0.2) is 12.1 Å². The van der Waals surface area contributed by atoms with Crippen molar-refractivity contribution in [2.24, 2.45) is 5.73 Å². The van der Waals surface area contributed by atoms with Crippen LogP contribution in [0, 0.1) is 20.8 Å². The summed E-state index contributed by atoms with van der Waals surface area (Å²) in [6.45, 7) is 5.99. The Morgan fingerprint density at radius 2 is 1.67 bits per heavy atom. The molecule has 0 aliphatic heterocycles. The monoisotopic (exact) mass is 304 g/mol. The molecule has 0 unspecified atom stereocenters. The lowest BCUT2D eigenvalue weighted by atomic mass is 9.81. The van der Waals surface area contributed by atoms with E-state index in [1.807, 2.05) is 32.9 Å². The van der Waals surface area contributed by atoms with Gasteiger partial charge in [0.1, 0.15) is 0 Å². The lowest BCUT2D eigenvalue weighted by Crippen LogP contribution is -2.57. The highest BCUT2D eigenvalue weighted by Crippen LogP contribution is 2.29. The smallest absolute Gasteiger partial charge is 0.252 e. The highest BCUT2D eigenvalue weighted by Gasteiger charge is 2.37. The molecule has 0 heterocycles. The second-order valence-corrected chi connectivity index (χ2v) is 6.67. The zero-order valence-electron chi connectivity index (χ0n) is 13.1. The summed E-state index contributed by atoms with van der Waals surface area (Å²) in [5.41, 5.74) is 9.36. The Bertz CT molecular complexity index is 551. The molecule has 0 bridgehead atoms. The summed E-state index contributed by atoms with van der Waals surface area (Å²) in [7, 11) is 0. The summed E-state index contributed by atoms with van der Waals surface area (Å²) in [6, 6.07) is 4.08. The van der Waals surface area contributed by atoms with Crippen molar-refractivity contribution in [3.8, 4) is 0 Å². The Morgan fingerprint density at radius 3 is 2.14 bits per heavy atom. The van der Waals surface area contributed by atoms with Gasteiger partial charge in [0.15, 0.2) is 0 Å². The number of benzene rings is 1. The molecule has 3 N–H and O–H groups in total. The molecule has 0 atom stereocenters. The molecule has 1 fully saturated rings. The van der Waals surface area contributed by atoms with Gasteiger partial charge in [-0.1, -0.05) is 49.2 Å². The maximum Gasteiger partial charge on any atom is 0.252 e. The molecular formula is C17H24N2OS. The fraction of sp³-hybridized carbons (Fsp3) is 0.529. The molecule has 1 saturated carbocycles. The summed E-state index contributed by atoms with van der Waals surface area (Å²) in [6.07, 6.45) is 4.99. The molecule has 0 saturated heterocycles. The predicted octanol–water partition coefficient (Wildman–Crippen LogP) is 3.33. The Balaban J connectivity index is 2.30. The van der Waals surface area contributed by atoms with Gasteiger partial charge in [0.2, 0.25) is 0 Å². The lowest BCUT2D eigenvalue weighted by Gasteiger charge is -2.37. The molecule has 0 aromatic heterocycles. The first-order valence-corrected chi connectivity index (χ1v) is 7.97. The van der Waals surface area contributed by atoms with E-state index in [1.165, 1.54) is 12.0 Å². The van der Waals surface area contributed by atoms with Gasteiger partial charge in [-0.05, 0) is 44.7 Å². The van der Waals surface area contributed by atoms with Gasteiger partial charge in [0, 0.05) is 5.56 Å². The van der Waals surface area contributed by atoms with Crippen molar-refractivity contribution in [2.75, 3.05) is 0 Å². The summed E-state index contributed by atoms with van der Waals surface area (Å²) in [4.78, 5) is 13.2. The number of nitrogens with one attached hydrogen (secondary N) is 1. The maximum atomic E-state index is 12.7. The van der Waals surface area contributed by atoms with Gasteiger partial charge in [0.05, 0.1) is 10.5 Å². The van der Waals surface area contributed by atoms with Gasteiger partial charge >= 0.3 is 0 Å². The van der Waals surface area contributed by atoms with Crippen molar-refractivity contribution >= 4 is 23.1 Å². The minimum Gasteiger partial charge on any atom is -0.391 e. The van der Waals surface area contributed by atoms with Crippen LogP contribution in [-0.2, 0) is 0 Å². The Kier molecular flexibility index (Phi) is 4.67. The van der Waals surface area contributed by atoms with E-state index in [-0.39, 0.29) is 5.91 Å². The van der Waals surface area contributed by atoms with E-state index < -0.39 is 5.54 Å². The SMILES string of the molecule is Cc1cc(C)c(C(=O)NC2(C(N)=S)CCCCC2)c(C)c1. The van der Waals surface area contributed by atoms with Crippen molar-refractivity contribution in [1.82, 2.24) is 5.32 Å². The van der Waals surface area contributed by atoms with Crippen molar-refractivity contribution in [2.45, 2.75) is 58.4 Å². The van der Waals surface area contributed by atoms with Crippen LogP contribution >= 0.6 is 12.2 Å². The van der Waals surface area contributed by atoms with Crippen LogP contribution in [0.3, 0.4) is 0 Å². The van der Waals surface area contributed by atoms with Crippen LogP contribution in [-0.4, -0.2) is 16.4 Å². The molecule has 4 heteroatoms. The second kappa shape index (κ2) is 6.14. The van der Waals surface area contributed by atoms with Crippen LogP contribution in [0.5, 0.6) is 0 Å². The topological polar surface area (TPSA) is 55.1 Å². The summed E-state index contributed by atoms with van der Waals surface area (Å²) < 4.78 is 0. The van der Waals surface area contributed by atoms with Crippen LogP contribution in [0.25, 0.3) is 0 Å². The molecule has 114 valence electrons. The third-order valence-electron chi connectivity index (χ3n) is 4.44. The number of nitrogens with two attached hydrogens (primary N) is 1. The molecule has 1 amide bonds. The lowest BCUT2D eigenvalue weighted by molar-refractivity contribution is 0.0907. The Morgan fingerprint density at radius 1 is 1.14 bits per heavy atom. The van der Waals surface area contributed by atoms with Crippen LogP contribution in [0.2, 0.25) is 0 Å². The number of thiocarbonyl (C=S) groups is 1. The van der Waals surface area contributed by atoms with E-state index in [2.05, 4.69) is 5.32 Å². The van der Waals surface area contributed by atoms with Gasteiger partial charge in [-0.2, -0.15) is 0 Å². The zero-order chi connectivity index (χ0) is 15.6. The number of carbonyl (C=O) groups excluding carboxylic acids is 1. The average Bonchev–Trinajstić information content (AvgIpc) is 2.38. The molecule has 1 aliphatic carbocycles. The van der Waals surface area contributed by atoms with Gasteiger partial charge in [-0.15, -0.1) is 0 Å². The predicted molar refractivity (Wildman–Crippen MR) is 90.7 cm³/mol. The van der Waals surface area contributed by atoms with Gasteiger partial charge in [-0.25, -0.2) is 0 Å². The first kappa shape index (κ1) is 16.0. The molecule has 0 radical (unpaired) electrons. The minimum atomic E-state index is -0.506. The van der Waals surface area contributed by atoms with Crippen LogP contribution in [0.1, 0.15) is 59.2 Å². The van der Waals surface area contributed by atoms with E-state index in [4.69, 9.17) is 18.0 Å². The van der Waals surface area contributed by atoms with Crippen molar-refractivity contribution in [3.05, 3.63) is 34.4 Å². The Hall–Kier alpha value is -1.42. The Labute approximate surface area is 132 Å². The first-order chi connectivity index (χ1) is 9.85.